The Bertz CT molecular complexity index is 1680. The van der Waals surface area contributed by atoms with Crippen LogP contribution in [0.3, 0.4) is 0 Å². The van der Waals surface area contributed by atoms with Crippen LogP contribution in [0.5, 0.6) is 5.75 Å². The average molecular weight is 557 g/mol. The van der Waals surface area contributed by atoms with E-state index in [-0.39, 0.29) is 46.8 Å². The van der Waals surface area contributed by atoms with E-state index in [1.54, 1.807) is 45.0 Å². The van der Waals surface area contributed by atoms with Crippen molar-refractivity contribution < 1.29 is 34.1 Å². The standard InChI is InChI=1S/C34H33FO6/c1-17(2)27-18(3)25(19(4)36)30(39)34(41)31(40)28-29(38)26-22(15-32(28,5)16-33(27,34)6)20(13-14-24(26)37)11-12-21-9-7-8-10-23(21)35/h7-10,13-14,17,27,37-38,41H,15-16H2,1-6H3/t27-,32+,33+,34-/m1/s1. The Morgan fingerprint density at radius 3 is 2.27 bits per heavy atom. The average Bonchev–Trinajstić information content (AvgIpc) is 2.86. The minimum absolute atomic E-state index is 0.0134. The minimum atomic E-state index is -2.58. The lowest BCUT2D eigenvalue weighted by molar-refractivity contribution is -0.180. The van der Waals surface area contributed by atoms with E-state index in [1.165, 1.54) is 19.1 Å². The number of hydrogen-bond acceptors (Lipinski definition) is 6. The molecule has 212 valence electrons. The maximum absolute atomic E-state index is 14.4. The smallest absolute Gasteiger partial charge is 0.206 e. The highest BCUT2D eigenvalue weighted by molar-refractivity contribution is 6.33. The Morgan fingerprint density at radius 2 is 1.66 bits per heavy atom. The van der Waals surface area contributed by atoms with Crippen LogP contribution < -0.4 is 0 Å². The van der Waals surface area contributed by atoms with Gasteiger partial charge in [-0.05, 0) is 68.4 Å². The van der Waals surface area contributed by atoms with Gasteiger partial charge in [0.1, 0.15) is 17.3 Å². The van der Waals surface area contributed by atoms with Gasteiger partial charge in [-0.3, -0.25) is 14.4 Å². The van der Waals surface area contributed by atoms with E-state index in [9.17, 15) is 34.1 Å². The topological polar surface area (TPSA) is 112 Å². The number of aliphatic hydroxyl groups is 2. The van der Waals surface area contributed by atoms with Crippen molar-refractivity contribution in [2.45, 2.75) is 60.0 Å². The Kier molecular flexibility index (Phi) is 6.43. The summed E-state index contributed by atoms with van der Waals surface area (Å²) in [6.07, 6.45) is 0.296. The number of benzene rings is 2. The molecule has 2 aromatic carbocycles. The molecular formula is C34H33FO6. The second-order valence-electron chi connectivity index (χ2n) is 12.5. The number of fused-ring (bicyclic) bond motifs is 3. The number of phenolic OH excluding ortho intramolecular Hbond substituents is 1. The highest BCUT2D eigenvalue weighted by Gasteiger charge is 2.72. The first kappa shape index (κ1) is 28.5. The zero-order valence-electron chi connectivity index (χ0n) is 24.0. The molecule has 41 heavy (non-hydrogen) atoms. The van der Waals surface area contributed by atoms with E-state index in [2.05, 4.69) is 11.8 Å². The first-order chi connectivity index (χ1) is 19.1. The zero-order valence-corrected chi connectivity index (χ0v) is 24.0. The Labute approximate surface area is 238 Å². The number of aromatic hydroxyl groups is 1. The van der Waals surface area contributed by atoms with Gasteiger partial charge in [0.2, 0.25) is 11.6 Å². The van der Waals surface area contributed by atoms with Gasteiger partial charge in [0.15, 0.2) is 11.4 Å². The molecule has 6 nitrogen and oxygen atoms in total. The van der Waals surface area contributed by atoms with Crippen LogP contribution in [0.2, 0.25) is 0 Å². The van der Waals surface area contributed by atoms with Crippen LogP contribution >= 0.6 is 0 Å². The van der Waals surface area contributed by atoms with Crippen molar-refractivity contribution in [2.24, 2.45) is 22.7 Å². The zero-order chi connectivity index (χ0) is 30.2. The number of phenols is 1. The van der Waals surface area contributed by atoms with E-state index in [0.717, 1.165) is 0 Å². The Balaban J connectivity index is 1.76. The molecule has 0 spiro atoms. The van der Waals surface area contributed by atoms with Gasteiger partial charge >= 0.3 is 0 Å². The molecular weight excluding hydrogens is 523 g/mol. The molecule has 3 aliphatic carbocycles. The van der Waals surface area contributed by atoms with E-state index in [1.807, 2.05) is 13.8 Å². The van der Waals surface area contributed by atoms with Crippen LogP contribution in [0, 0.1) is 40.3 Å². The van der Waals surface area contributed by atoms with Crippen molar-refractivity contribution in [1.29, 1.82) is 0 Å². The summed E-state index contributed by atoms with van der Waals surface area (Å²) in [7, 11) is 0. The summed E-state index contributed by atoms with van der Waals surface area (Å²) in [6, 6.07) is 8.99. The fourth-order valence-electron chi connectivity index (χ4n) is 8.06. The second kappa shape index (κ2) is 9.25. The van der Waals surface area contributed by atoms with Gasteiger partial charge in [-0.1, -0.05) is 57.2 Å². The number of allylic oxidation sites excluding steroid dienone is 1. The largest absolute Gasteiger partial charge is 0.507 e. The number of carbonyl (C=O) groups excluding carboxylic acids is 3. The summed E-state index contributed by atoms with van der Waals surface area (Å²) in [5, 5.41) is 34.6. The summed E-state index contributed by atoms with van der Waals surface area (Å²) >= 11 is 0. The molecule has 1 fully saturated rings. The van der Waals surface area contributed by atoms with Gasteiger partial charge in [0.05, 0.1) is 16.7 Å². The van der Waals surface area contributed by atoms with E-state index >= 15 is 0 Å². The number of halogens is 1. The van der Waals surface area contributed by atoms with Crippen LogP contribution in [-0.2, 0) is 20.8 Å². The van der Waals surface area contributed by atoms with Crippen molar-refractivity contribution in [3.63, 3.8) is 0 Å². The van der Waals surface area contributed by atoms with Gasteiger partial charge in [0.25, 0.3) is 0 Å². The maximum Gasteiger partial charge on any atom is 0.206 e. The van der Waals surface area contributed by atoms with Gasteiger partial charge < -0.3 is 15.3 Å². The van der Waals surface area contributed by atoms with Crippen molar-refractivity contribution >= 4 is 23.1 Å². The molecule has 0 aromatic heterocycles. The van der Waals surface area contributed by atoms with Gasteiger partial charge in [-0.2, -0.15) is 0 Å². The molecule has 1 saturated carbocycles. The Hall–Kier alpha value is -4.02. The van der Waals surface area contributed by atoms with Crippen molar-refractivity contribution in [1.82, 2.24) is 0 Å². The van der Waals surface area contributed by atoms with Crippen LogP contribution in [0.4, 0.5) is 4.39 Å². The lowest BCUT2D eigenvalue weighted by atomic mass is 9.42. The normalized spacial score (nSPS) is 29.0. The number of rotatable bonds is 2. The summed E-state index contributed by atoms with van der Waals surface area (Å²) in [4.78, 5) is 40.9. The predicted molar refractivity (Wildman–Crippen MR) is 151 cm³/mol. The molecule has 0 saturated heterocycles. The molecule has 3 aliphatic rings. The number of hydrogen-bond donors (Lipinski definition) is 3. The number of ketones is 3. The number of aliphatic hydroxyl groups excluding tert-OH is 1. The SMILES string of the molecule is CC(=O)C1=C(C)[C@@H](C(C)C)[C@]2(C)C[C@]3(C)Cc4c(C#Cc5ccccc5F)ccc(O)c4C(O)=C3C(=O)[C@]2(O)C1=O. The molecule has 0 unspecified atom stereocenters. The second-order valence-corrected chi connectivity index (χ2v) is 12.5. The van der Waals surface area contributed by atoms with Crippen LogP contribution in [-0.4, -0.2) is 38.3 Å². The quantitative estimate of drug-likeness (QED) is 0.265. The molecule has 0 aliphatic heterocycles. The highest BCUT2D eigenvalue weighted by atomic mass is 19.1. The molecule has 0 amide bonds. The fraction of sp³-hybridized carbons (Fsp3) is 0.382. The number of Topliss-reactive ketones (excluding diaryl/α,β-unsaturated/α-hetero) is 3. The molecule has 3 N–H and O–H groups in total. The summed E-state index contributed by atoms with van der Waals surface area (Å²) in [5.41, 5.74) is -3.62. The summed E-state index contributed by atoms with van der Waals surface area (Å²) in [5.74, 6) is 1.41. The van der Waals surface area contributed by atoms with Crippen LogP contribution in [0.25, 0.3) is 5.76 Å². The lowest BCUT2D eigenvalue weighted by Gasteiger charge is -2.60. The van der Waals surface area contributed by atoms with Gasteiger partial charge in [0, 0.05) is 22.0 Å². The van der Waals surface area contributed by atoms with E-state index < -0.39 is 51.3 Å². The molecule has 5 rings (SSSR count). The molecule has 0 radical (unpaired) electrons. The van der Waals surface area contributed by atoms with E-state index in [0.29, 0.717) is 16.7 Å². The van der Waals surface area contributed by atoms with Crippen molar-refractivity contribution in [3.05, 3.63) is 81.2 Å². The van der Waals surface area contributed by atoms with Crippen molar-refractivity contribution in [3.8, 4) is 17.6 Å². The Morgan fingerprint density at radius 1 is 1.02 bits per heavy atom. The molecule has 2 aromatic rings. The lowest BCUT2D eigenvalue weighted by Crippen LogP contribution is -2.70. The monoisotopic (exact) mass is 556 g/mol. The van der Waals surface area contributed by atoms with Crippen molar-refractivity contribution in [2.75, 3.05) is 0 Å². The third kappa shape index (κ3) is 3.77. The third-order valence-electron chi connectivity index (χ3n) is 9.40. The first-order valence-corrected chi connectivity index (χ1v) is 13.7. The third-order valence-corrected chi connectivity index (χ3v) is 9.40. The van der Waals surface area contributed by atoms with Crippen LogP contribution in [0.1, 0.15) is 70.2 Å². The molecule has 7 heteroatoms. The molecule has 0 bridgehead atoms. The highest BCUT2D eigenvalue weighted by Crippen LogP contribution is 2.65. The van der Waals surface area contributed by atoms with Gasteiger partial charge in [-0.25, -0.2) is 4.39 Å². The molecule has 4 atom stereocenters. The fourth-order valence-corrected chi connectivity index (χ4v) is 8.06. The maximum atomic E-state index is 14.4. The predicted octanol–water partition coefficient (Wildman–Crippen LogP) is 5.23. The first-order valence-electron chi connectivity index (χ1n) is 13.7. The van der Waals surface area contributed by atoms with Crippen LogP contribution in [0.15, 0.2) is 53.1 Å². The minimum Gasteiger partial charge on any atom is -0.507 e. The number of carbonyl (C=O) groups is 3. The summed E-state index contributed by atoms with van der Waals surface area (Å²) in [6.45, 7) is 10.3. The van der Waals surface area contributed by atoms with Gasteiger partial charge in [-0.15, -0.1) is 0 Å². The summed E-state index contributed by atoms with van der Waals surface area (Å²) < 4.78 is 14.3. The van der Waals surface area contributed by atoms with E-state index in [4.69, 9.17) is 0 Å². The molecule has 0 heterocycles.